The molecule has 0 bridgehead atoms. The minimum Gasteiger partial charge on any atom is -0.309 e. The second-order valence-electron chi connectivity index (χ2n) is 13.4. The van der Waals surface area contributed by atoms with Crippen LogP contribution in [0.25, 0.3) is 104 Å². The van der Waals surface area contributed by atoms with Crippen LogP contribution >= 0.6 is 0 Å². The van der Waals surface area contributed by atoms with Gasteiger partial charge in [0.05, 0.1) is 34.0 Å². The van der Waals surface area contributed by atoms with Crippen molar-refractivity contribution in [3.8, 4) is 39.2 Å². The molecule has 2 aromatic heterocycles. The number of fused-ring (bicyclic) bond motifs is 4. The predicted molar refractivity (Wildman–Crippen MR) is 214 cm³/mol. The van der Waals surface area contributed by atoms with E-state index in [1.807, 2.05) is 30.5 Å². The van der Waals surface area contributed by atoms with Crippen LogP contribution in [0.3, 0.4) is 0 Å². The summed E-state index contributed by atoms with van der Waals surface area (Å²) in [6, 6.07) is 61.5. The number of rotatable bonds is 4. The van der Waals surface area contributed by atoms with Crippen LogP contribution in [0.4, 0.5) is 0 Å². The Balaban J connectivity index is 1.13. The van der Waals surface area contributed by atoms with E-state index in [2.05, 4.69) is 155 Å². The molecule has 0 aliphatic carbocycles. The summed E-state index contributed by atoms with van der Waals surface area (Å²) in [7, 11) is 0. The van der Waals surface area contributed by atoms with Crippen LogP contribution in [0, 0.1) is 0 Å². The molecule has 9 aromatic carbocycles. The molecule has 3 heteroatoms. The molecule has 0 aliphatic heterocycles. The van der Waals surface area contributed by atoms with E-state index in [-0.39, 0.29) is 0 Å². The lowest BCUT2D eigenvalue weighted by atomic mass is 9.85. The maximum atomic E-state index is 4.91. The van der Waals surface area contributed by atoms with Crippen LogP contribution in [-0.2, 0) is 0 Å². The van der Waals surface area contributed by atoms with E-state index in [4.69, 9.17) is 4.98 Å². The van der Waals surface area contributed by atoms with Crippen molar-refractivity contribution in [3.05, 3.63) is 176 Å². The molecule has 0 N–H and O–H groups in total. The standard InChI is InChI=1S/C48H29N3/c1-5-17-45-36(13-1)37-14-2-6-18-46(37)51(45)35-12-8-11-34(27-35)41-28-40(38-25-23-32-9-7-10-33-24-26-39(41)48(38)47(32)33)30-19-21-31(22-20-30)44-29-49-42-15-3-4-16-43(42)50-44/h1-29H. The van der Waals surface area contributed by atoms with Gasteiger partial charge in [0.15, 0.2) is 0 Å². The highest BCUT2D eigenvalue weighted by atomic mass is 15.0. The first-order valence-corrected chi connectivity index (χ1v) is 17.4. The van der Waals surface area contributed by atoms with E-state index in [1.165, 1.54) is 76.4 Å². The molecule has 0 aliphatic rings. The molecule has 0 radical (unpaired) electrons. The lowest BCUT2D eigenvalue weighted by Gasteiger charge is -2.19. The average Bonchev–Trinajstić information content (AvgIpc) is 3.54. The minimum atomic E-state index is 0.873. The Labute approximate surface area is 294 Å². The van der Waals surface area contributed by atoms with Gasteiger partial charge in [-0.25, -0.2) is 4.98 Å². The molecule has 0 atom stereocenters. The van der Waals surface area contributed by atoms with Crippen LogP contribution in [-0.4, -0.2) is 14.5 Å². The molecule has 0 amide bonds. The smallest absolute Gasteiger partial charge is 0.0894 e. The van der Waals surface area contributed by atoms with Crippen molar-refractivity contribution in [1.82, 2.24) is 14.5 Å². The summed E-state index contributed by atoms with van der Waals surface area (Å²) in [6.07, 6.45) is 1.87. The van der Waals surface area contributed by atoms with Gasteiger partial charge in [-0.05, 0) is 97.0 Å². The summed E-state index contributed by atoms with van der Waals surface area (Å²) >= 11 is 0. The van der Waals surface area contributed by atoms with Crippen molar-refractivity contribution in [2.45, 2.75) is 0 Å². The maximum Gasteiger partial charge on any atom is 0.0894 e. The molecule has 0 saturated carbocycles. The Morgan fingerprint density at radius 2 is 1.00 bits per heavy atom. The minimum absolute atomic E-state index is 0.873. The fraction of sp³-hybridized carbons (Fsp3) is 0. The SMILES string of the molecule is c1cc(-c2cc(-c3ccc(-c4cnc5ccccc5n4)cc3)c3ccc4cccc5ccc2c3c45)cc(-n2c3ccccc3c3ccccc32)c1. The van der Waals surface area contributed by atoms with Crippen LogP contribution in [0.1, 0.15) is 0 Å². The highest BCUT2D eigenvalue weighted by molar-refractivity contribution is 6.28. The Kier molecular flexibility index (Phi) is 5.96. The van der Waals surface area contributed by atoms with Gasteiger partial charge in [-0.2, -0.15) is 0 Å². The van der Waals surface area contributed by atoms with E-state index < -0.39 is 0 Å². The highest BCUT2D eigenvalue weighted by Gasteiger charge is 2.18. The largest absolute Gasteiger partial charge is 0.309 e. The lowest BCUT2D eigenvalue weighted by molar-refractivity contribution is 1.18. The number of para-hydroxylation sites is 4. The van der Waals surface area contributed by atoms with Gasteiger partial charge in [-0.3, -0.25) is 4.98 Å². The van der Waals surface area contributed by atoms with Gasteiger partial charge in [0, 0.05) is 22.0 Å². The summed E-state index contributed by atoms with van der Waals surface area (Å²) in [5.41, 5.74) is 12.1. The second kappa shape index (κ2) is 10.8. The zero-order valence-electron chi connectivity index (χ0n) is 27.6. The number of aromatic nitrogens is 3. The van der Waals surface area contributed by atoms with Crippen molar-refractivity contribution in [2.75, 3.05) is 0 Å². The normalized spacial score (nSPS) is 11.9. The van der Waals surface area contributed by atoms with Crippen molar-refractivity contribution in [1.29, 1.82) is 0 Å². The molecule has 0 fully saturated rings. The van der Waals surface area contributed by atoms with Crippen LogP contribution in [0.2, 0.25) is 0 Å². The molecule has 0 unspecified atom stereocenters. The van der Waals surface area contributed by atoms with Gasteiger partial charge in [-0.1, -0.05) is 127 Å². The van der Waals surface area contributed by atoms with Crippen LogP contribution < -0.4 is 0 Å². The van der Waals surface area contributed by atoms with E-state index in [0.29, 0.717) is 0 Å². The van der Waals surface area contributed by atoms with Crippen molar-refractivity contribution < 1.29 is 0 Å². The van der Waals surface area contributed by atoms with E-state index >= 15 is 0 Å². The van der Waals surface area contributed by atoms with E-state index in [9.17, 15) is 0 Å². The zero-order chi connectivity index (χ0) is 33.5. The highest BCUT2D eigenvalue weighted by Crippen LogP contribution is 2.45. The number of hydrogen-bond acceptors (Lipinski definition) is 2. The Hall–Kier alpha value is -6.84. The molecule has 2 heterocycles. The number of benzene rings is 9. The van der Waals surface area contributed by atoms with Gasteiger partial charge in [0.25, 0.3) is 0 Å². The third-order valence-corrected chi connectivity index (χ3v) is 10.6. The Morgan fingerprint density at radius 1 is 0.392 bits per heavy atom. The average molecular weight is 648 g/mol. The fourth-order valence-corrected chi connectivity index (χ4v) is 8.24. The summed E-state index contributed by atoms with van der Waals surface area (Å²) in [5.74, 6) is 0. The molecule has 11 rings (SSSR count). The zero-order valence-corrected chi connectivity index (χ0v) is 27.6. The molecule has 0 spiro atoms. The first-order chi connectivity index (χ1) is 25.3. The number of nitrogens with zero attached hydrogens (tertiary/aromatic N) is 3. The van der Waals surface area contributed by atoms with Crippen molar-refractivity contribution >= 4 is 65.2 Å². The topological polar surface area (TPSA) is 30.7 Å². The first-order valence-electron chi connectivity index (χ1n) is 17.4. The summed E-state index contributed by atoms with van der Waals surface area (Å²) < 4.78 is 2.40. The Bertz CT molecular complexity index is 3060. The van der Waals surface area contributed by atoms with E-state index in [0.717, 1.165) is 28.0 Å². The third-order valence-electron chi connectivity index (χ3n) is 10.6. The molecule has 11 aromatic rings. The van der Waals surface area contributed by atoms with Crippen molar-refractivity contribution in [3.63, 3.8) is 0 Å². The van der Waals surface area contributed by atoms with Gasteiger partial charge in [-0.15, -0.1) is 0 Å². The third kappa shape index (κ3) is 4.25. The van der Waals surface area contributed by atoms with Gasteiger partial charge in [0.1, 0.15) is 0 Å². The van der Waals surface area contributed by atoms with E-state index in [1.54, 1.807) is 0 Å². The lowest BCUT2D eigenvalue weighted by Crippen LogP contribution is -1.95. The van der Waals surface area contributed by atoms with Gasteiger partial charge >= 0.3 is 0 Å². The monoisotopic (exact) mass is 647 g/mol. The maximum absolute atomic E-state index is 4.91. The first kappa shape index (κ1) is 28.0. The molecule has 236 valence electrons. The molecule has 51 heavy (non-hydrogen) atoms. The van der Waals surface area contributed by atoms with Crippen LogP contribution in [0.5, 0.6) is 0 Å². The second-order valence-corrected chi connectivity index (χ2v) is 13.4. The Morgan fingerprint density at radius 3 is 1.73 bits per heavy atom. The predicted octanol–water partition coefficient (Wildman–Crippen LogP) is 12.6. The summed E-state index contributed by atoms with van der Waals surface area (Å²) in [4.78, 5) is 9.58. The quantitative estimate of drug-likeness (QED) is 0.178. The summed E-state index contributed by atoms with van der Waals surface area (Å²) in [5, 5.41) is 10.2. The van der Waals surface area contributed by atoms with Crippen molar-refractivity contribution in [2.24, 2.45) is 0 Å². The van der Waals surface area contributed by atoms with Gasteiger partial charge < -0.3 is 4.57 Å². The molecule has 0 saturated heterocycles. The fourth-order valence-electron chi connectivity index (χ4n) is 8.24. The molecular formula is C48H29N3. The van der Waals surface area contributed by atoms with Gasteiger partial charge in [0.2, 0.25) is 0 Å². The summed E-state index contributed by atoms with van der Waals surface area (Å²) in [6.45, 7) is 0. The molecular weight excluding hydrogens is 619 g/mol. The van der Waals surface area contributed by atoms with Crippen LogP contribution in [0.15, 0.2) is 176 Å². The number of hydrogen-bond donors (Lipinski definition) is 0. The molecule has 3 nitrogen and oxygen atoms in total.